The van der Waals surface area contributed by atoms with Crippen LogP contribution in [0.4, 0.5) is 0 Å². The molecule has 1 nitrogen and oxygen atoms in total. The molecule has 0 radical (unpaired) electrons. The van der Waals surface area contributed by atoms with Gasteiger partial charge in [-0.3, -0.25) is 0 Å². The zero-order valence-corrected chi connectivity index (χ0v) is 9.92. The molecule has 2 aliphatic rings. The third-order valence-electron chi connectivity index (χ3n) is 4.58. The molecular weight excluding hydrogens is 170 g/mol. The van der Waals surface area contributed by atoms with Gasteiger partial charge in [0.1, 0.15) is 0 Å². The first-order valence-electron chi connectivity index (χ1n) is 6.48. The Morgan fingerprint density at radius 1 is 1.14 bits per heavy atom. The van der Waals surface area contributed by atoms with Crippen LogP contribution in [0.1, 0.15) is 52.9 Å². The standard InChI is InChI=1S/C13H25N/c1-4-11-8-13(11)14-12-7-5-6-9(2)10(12)3/h9-14H,4-8H2,1-3H3. The predicted molar refractivity (Wildman–Crippen MR) is 61.3 cm³/mol. The molecule has 5 unspecified atom stereocenters. The zero-order valence-electron chi connectivity index (χ0n) is 9.92. The van der Waals surface area contributed by atoms with Gasteiger partial charge in [0, 0.05) is 12.1 Å². The Hall–Kier alpha value is -0.0400. The van der Waals surface area contributed by atoms with Gasteiger partial charge in [-0.15, -0.1) is 0 Å². The maximum atomic E-state index is 3.87. The monoisotopic (exact) mass is 195 g/mol. The Labute approximate surface area is 88.7 Å². The van der Waals surface area contributed by atoms with Crippen LogP contribution < -0.4 is 5.32 Å². The van der Waals surface area contributed by atoms with E-state index >= 15 is 0 Å². The van der Waals surface area contributed by atoms with Gasteiger partial charge in [0.15, 0.2) is 0 Å². The van der Waals surface area contributed by atoms with E-state index in [-0.39, 0.29) is 0 Å². The molecule has 0 heterocycles. The fraction of sp³-hybridized carbons (Fsp3) is 1.00. The molecule has 1 heteroatoms. The van der Waals surface area contributed by atoms with Gasteiger partial charge in [-0.05, 0) is 30.6 Å². The molecule has 5 atom stereocenters. The Morgan fingerprint density at radius 3 is 2.57 bits per heavy atom. The third-order valence-corrected chi connectivity index (χ3v) is 4.58. The summed E-state index contributed by atoms with van der Waals surface area (Å²) < 4.78 is 0. The van der Waals surface area contributed by atoms with Crippen molar-refractivity contribution in [3.8, 4) is 0 Å². The van der Waals surface area contributed by atoms with E-state index in [1.54, 1.807) is 0 Å². The molecular formula is C13H25N. The van der Waals surface area contributed by atoms with Gasteiger partial charge < -0.3 is 5.32 Å². The first-order valence-corrected chi connectivity index (χ1v) is 6.48. The van der Waals surface area contributed by atoms with Crippen LogP contribution in [0.5, 0.6) is 0 Å². The minimum absolute atomic E-state index is 0.820. The third kappa shape index (κ3) is 2.13. The van der Waals surface area contributed by atoms with Crippen LogP contribution in [-0.2, 0) is 0 Å². The van der Waals surface area contributed by atoms with Crippen molar-refractivity contribution in [2.75, 3.05) is 0 Å². The summed E-state index contributed by atoms with van der Waals surface area (Å²) in [5.74, 6) is 2.82. The van der Waals surface area contributed by atoms with Crippen molar-refractivity contribution in [2.45, 2.75) is 65.0 Å². The smallest absolute Gasteiger partial charge is 0.0102 e. The maximum Gasteiger partial charge on any atom is 0.0102 e. The van der Waals surface area contributed by atoms with E-state index in [1.807, 2.05) is 0 Å². The number of hydrogen-bond acceptors (Lipinski definition) is 1. The van der Waals surface area contributed by atoms with E-state index in [2.05, 4.69) is 26.1 Å². The fourth-order valence-corrected chi connectivity index (χ4v) is 3.00. The summed E-state index contributed by atoms with van der Waals surface area (Å²) in [6.45, 7) is 7.17. The first-order chi connectivity index (χ1) is 6.72. The van der Waals surface area contributed by atoms with Gasteiger partial charge in [-0.2, -0.15) is 0 Å². The lowest BCUT2D eigenvalue weighted by Gasteiger charge is -2.35. The second kappa shape index (κ2) is 4.22. The van der Waals surface area contributed by atoms with Crippen molar-refractivity contribution in [1.29, 1.82) is 0 Å². The molecule has 2 saturated carbocycles. The molecule has 1 N–H and O–H groups in total. The molecule has 0 aromatic heterocycles. The molecule has 82 valence electrons. The lowest BCUT2D eigenvalue weighted by molar-refractivity contribution is 0.204. The highest BCUT2D eigenvalue weighted by atomic mass is 15.0. The predicted octanol–water partition coefficient (Wildman–Crippen LogP) is 3.20. The van der Waals surface area contributed by atoms with Crippen LogP contribution in [0.15, 0.2) is 0 Å². The number of hydrogen-bond donors (Lipinski definition) is 1. The average Bonchev–Trinajstić information content (AvgIpc) is 2.92. The second-order valence-electron chi connectivity index (χ2n) is 5.55. The van der Waals surface area contributed by atoms with Gasteiger partial charge in [0.2, 0.25) is 0 Å². The maximum absolute atomic E-state index is 3.87. The van der Waals surface area contributed by atoms with Crippen molar-refractivity contribution in [1.82, 2.24) is 5.32 Å². The Balaban J connectivity index is 1.79. The number of nitrogens with one attached hydrogen (secondary N) is 1. The van der Waals surface area contributed by atoms with E-state index in [1.165, 1.54) is 32.1 Å². The van der Waals surface area contributed by atoms with Crippen molar-refractivity contribution in [3.05, 3.63) is 0 Å². The van der Waals surface area contributed by atoms with Crippen LogP contribution in [0, 0.1) is 17.8 Å². The highest BCUT2D eigenvalue weighted by Gasteiger charge is 2.38. The molecule has 0 aromatic rings. The summed E-state index contributed by atoms with van der Waals surface area (Å²) in [5, 5.41) is 3.87. The summed E-state index contributed by atoms with van der Waals surface area (Å²) >= 11 is 0. The quantitative estimate of drug-likeness (QED) is 0.729. The Bertz CT molecular complexity index is 190. The van der Waals surface area contributed by atoms with Crippen LogP contribution >= 0.6 is 0 Å². The fourth-order valence-electron chi connectivity index (χ4n) is 3.00. The SMILES string of the molecule is CCC1CC1NC1CCCC(C)C1C. The largest absolute Gasteiger partial charge is 0.311 e. The summed E-state index contributed by atoms with van der Waals surface area (Å²) in [6.07, 6.45) is 7.11. The zero-order chi connectivity index (χ0) is 10.1. The second-order valence-corrected chi connectivity index (χ2v) is 5.55. The molecule has 2 fully saturated rings. The van der Waals surface area contributed by atoms with Crippen molar-refractivity contribution >= 4 is 0 Å². The van der Waals surface area contributed by atoms with Gasteiger partial charge in [0.25, 0.3) is 0 Å². The van der Waals surface area contributed by atoms with Gasteiger partial charge >= 0.3 is 0 Å². The minimum Gasteiger partial charge on any atom is -0.311 e. The van der Waals surface area contributed by atoms with Gasteiger partial charge in [-0.25, -0.2) is 0 Å². The molecule has 2 rings (SSSR count). The number of rotatable bonds is 3. The molecule has 0 spiro atoms. The average molecular weight is 195 g/mol. The highest BCUT2D eigenvalue weighted by Crippen LogP contribution is 2.37. The lowest BCUT2D eigenvalue weighted by atomic mass is 9.78. The van der Waals surface area contributed by atoms with E-state index in [4.69, 9.17) is 0 Å². The molecule has 0 aromatic carbocycles. The Kier molecular flexibility index (Phi) is 3.16. The van der Waals surface area contributed by atoms with Crippen LogP contribution in [0.25, 0.3) is 0 Å². The van der Waals surface area contributed by atoms with E-state index in [0.717, 1.165) is 29.8 Å². The molecule has 0 aliphatic heterocycles. The Morgan fingerprint density at radius 2 is 1.93 bits per heavy atom. The highest BCUT2D eigenvalue weighted by molar-refractivity contribution is 4.96. The molecule has 0 saturated heterocycles. The minimum atomic E-state index is 0.820. The summed E-state index contributed by atoms with van der Waals surface area (Å²) in [7, 11) is 0. The summed E-state index contributed by atoms with van der Waals surface area (Å²) in [4.78, 5) is 0. The molecule has 0 bridgehead atoms. The topological polar surface area (TPSA) is 12.0 Å². The van der Waals surface area contributed by atoms with Gasteiger partial charge in [0.05, 0.1) is 0 Å². The van der Waals surface area contributed by atoms with Crippen molar-refractivity contribution < 1.29 is 0 Å². The van der Waals surface area contributed by atoms with Crippen LogP contribution in [0.3, 0.4) is 0 Å². The molecule has 2 aliphatic carbocycles. The van der Waals surface area contributed by atoms with E-state index in [0.29, 0.717) is 0 Å². The summed E-state index contributed by atoms with van der Waals surface area (Å²) in [6, 6.07) is 1.69. The van der Waals surface area contributed by atoms with Crippen molar-refractivity contribution in [2.24, 2.45) is 17.8 Å². The van der Waals surface area contributed by atoms with E-state index < -0.39 is 0 Å². The van der Waals surface area contributed by atoms with Crippen molar-refractivity contribution in [3.63, 3.8) is 0 Å². The molecule has 0 amide bonds. The van der Waals surface area contributed by atoms with Gasteiger partial charge in [-0.1, -0.05) is 40.0 Å². The summed E-state index contributed by atoms with van der Waals surface area (Å²) in [5.41, 5.74) is 0. The molecule has 14 heavy (non-hydrogen) atoms. The first kappa shape index (κ1) is 10.5. The van der Waals surface area contributed by atoms with Crippen LogP contribution in [-0.4, -0.2) is 12.1 Å². The normalized spacial score (nSPS) is 47.8. The lowest BCUT2D eigenvalue weighted by Crippen LogP contribution is -2.42. The van der Waals surface area contributed by atoms with Crippen LogP contribution in [0.2, 0.25) is 0 Å². The van der Waals surface area contributed by atoms with E-state index in [9.17, 15) is 0 Å².